The Morgan fingerprint density at radius 1 is 1.33 bits per heavy atom. The third-order valence-corrected chi connectivity index (χ3v) is 2.91. The Balaban J connectivity index is 1.83. The quantitative estimate of drug-likeness (QED) is 0.678. The molecule has 1 amide bonds. The second kappa shape index (κ2) is 3.08. The van der Waals surface area contributed by atoms with Crippen molar-refractivity contribution in [3.05, 3.63) is 0 Å². The fraction of sp³-hybridized carbons (Fsp3) is 0.900. The smallest absolute Gasteiger partial charge is 0.219 e. The molecular formula is C10H17NO. The second-order valence-corrected chi connectivity index (χ2v) is 4.12. The highest BCUT2D eigenvalue weighted by atomic mass is 16.1. The van der Waals surface area contributed by atoms with Crippen molar-refractivity contribution >= 4 is 5.91 Å². The van der Waals surface area contributed by atoms with Gasteiger partial charge in [0.05, 0.1) is 0 Å². The van der Waals surface area contributed by atoms with Crippen LogP contribution in [0.4, 0.5) is 0 Å². The van der Waals surface area contributed by atoms with Gasteiger partial charge in [-0.1, -0.05) is 6.92 Å². The lowest BCUT2D eigenvalue weighted by molar-refractivity contribution is -0.121. The monoisotopic (exact) mass is 167 g/mol. The number of hydrogen-bond acceptors (Lipinski definition) is 1. The molecule has 0 unspecified atom stereocenters. The number of carbonyl (C=O) groups excluding carboxylic acids is 1. The van der Waals surface area contributed by atoms with E-state index in [1.165, 1.54) is 25.7 Å². The molecule has 0 aliphatic heterocycles. The predicted octanol–water partition coefficient (Wildman–Crippen LogP) is 1.70. The van der Waals surface area contributed by atoms with Gasteiger partial charge in [0.1, 0.15) is 0 Å². The zero-order valence-electron chi connectivity index (χ0n) is 7.68. The van der Waals surface area contributed by atoms with Gasteiger partial charge in [-0.15, -0.1) is 0 Å². The summed E-state index contributed by atoms with van der Waals surface area (Å²) < 4.78 is 0. The van der Waals surface area contributed by atoms with E-state index in [-0.39, 0.29) is 5.91 Å². The predicted molar refractivity (Wildman–Crippen MR) is 47.7 cm³/mol. The maximum atomic E-state index is 11.2. The van der Waals surface area contributed by atoms with E-state index in [4.69, 9.17) is 0 Å². The summed E-state index contributed by atoms with van der Waals surface area (Å²) in [6.45, 7) is 1.92. The molecule has 2 aliphatic carbocycles. The van der Waals surface area contributed by atoms with Crippen molar-refractivity contribution in [3.63, 3.8) is 0 Å². The van der Waals surface area contributed by atoms with Crippen molar-refractivity contribution in [2.24, 2.45) is 11.8 Å². The Kier molecular flexibility index (Phi) is 2.07. The van der Waals surface area contributed by atoms with Crippen LogP contribution in [0.25, 0.3) is 0 Å². The maximum absolute atomic E-state index is 11.2. The van der Waals surface area contributed by atoms with Gasteiger partial charge in [0.15, 0.2) is 0 Å². The van der Waals surface area contributed by atoms with Crippen LogP contribution >= 0.6 is 0 Å². The van der Waals surface area contributed by atoms with E-state index in [0.717, 1.165) is 11.8 Å². The van der Waals surface area contributed by atoms with Gasteiger partial charge in [-0.05, 0) is 37.5 Å². The molecule has 0 heterocycles. The van der Waals surface area contributed by atoms with E-state index < -0.39 is 0 Å². The lowest BCUT2D eigenvalue weighted by Crippen LogP contribution is -2.37. The lowest BCUT2D eigenvalue weighted by Gasteiger charge is -2.16. The van der Waals surface area contributed by atoms with E-state index in [0.29, 0.717) is 12.5 Å². The SMILES string of the molecule is CCC(=O)NC(C1CC1)C1CC1. The minimum Gasteiger partial charge on any atom is -0.353 e. The van der Waals surface area contributed by atoms with Crippen molar-refractivity contribution in [3.8, 4) is 0 Å². The first-order chi connectivity index (χ1) is 5.81. The molecule has 68 valence electrons. The number of hydrogen-bond donors (Lipinski definition) is 1. The second-order valence-electron chi connectivity index (χ2n) is 4.12. The Bertz CT molecular complexity index is 170. The molecule has 2 aliphatic rings. The molecule has 1 N–H and O–H groups in total. The molecule has 2 saturated carbocycles. The van der Waals surface area contributed by atoms with Crippen molar-refractivity contribution in [1.29, 1.82) is 0 Å². The first kappa shape index (κ1) is 8.09. The first-order valence-corrected chi connectivity index (χ1v) is 5.10. The summed E-state index contributed by atoms with van der Waals surface area (Å²) in [5.74, 6) is 1.89. The third-order valence-electron chi connectivity index (χ3n) is 2.91. The highest BCUT2D eigenvalue weighted by molar-refractivity contribution is 5.76. The maximum Gasteiger partial charge on any atom is 0.219 e. The molecule has 2 rings (SSSR count). The van der Waals surface area contributed by atoms with Crippen LogP contribution in [-0.4, -0.2) is 11.9 Å². The van der Waals surface area contributed by atoms with Crippen molar-refractivity contribution in [1.82, 2.24) is 5.32 Å². The van der Waals surface area contributed by atoms with Gasteiger partial charge >= 0.3 is 0 Å². The number of amides is 1. The average molecular weight is 167 g/mol. The fourth-order valence-electron chi connectivity index (χ4n) is 1.82. The molecule has 2 nitrogen and oxygen atoms in total. The summed E-state index contributed by atoms with van der Waals surface area (Å²) in [6, 6.07) is 0.539. The van der Waals surface area contributed by atoms with E-state index in [1.54, 1.807) is 0 Å². The summed E-state index contributed by atoms with van der Waals surface area (Å²) >= 11 is 0. The molecule has 0 saturated heterocycles. The molecular weight excluding hydrogens is 150 g/mol. The topological polar surface area (TPSA) is 29.1 Å². The molecule has 12 heavy (non-hydrogen) atoms. The third kappa shape index (κ3) is 1.79. The molecule has 0 spiro atoms. The van der Waals surface area contributed by atoms with Gasteiger partial charge < -0.3 is 5.32 Å². The van der Waals surface area contributed by atoms with E-state index in [2.05, 4.69) is 5.32 Å². The van der Waals surface area contributed by atoms with Crippen LogP contribution in [0.3, 0.4) is 0 Å². The normalized spacial score (nSPS) is 22.8. The molecule has 2 fully saturated rings. The summed E-state index contributed by atoms with van der Waals surface area (Å²) in [6.07, 6.45) is 5.99. The number of rotatable bonds is 4. The lowest BCUT2D eigenvalue weighted by atomic mass is 10.1. The van der Waals surface area contributed by atoms with Gasteiger partial charge in [-0.25, -0.2) is 0 Å². The van der Waals surface area contributed by atoms with Crippen LogP contribution in [0.1, 0.15) is 39.0 Å². The van der Waals surface area contributed by atoms with Gasteiger partial charge in [0, 0.05) is 12.5 Å². The standard InChI is InChI=1S/C10H17NO/c1-2-9(12)11-10(7-3-4-7)8-5-6-8/h7-8,10H,2-6H2,1H3,(H,11,12). The Morgan fingerprint density at radius 2 is 1.83 bits per heavy atom. The van der Waals surface area contributed by atoms with E-state index in [9.17, 15) is 4.79 Å². The zero-order valence-corrected chi connectivity index (χ0v) is 7.68. The zero-order chi connectivity index (χ0) is 8.55. The largest absolute Gasteiger partial charge is 0.353 e. The number of nitrogens with one attached hydrogen (secondary N) is 1. The molecule has 0 aromatic carbocycles. The van der Waals surface area contributed by atoms with Crippen LogP contribution in [0.15, 0.2) is 0 Å². The van der Waals surface area contributed by atoms with Crippen molar-refractivity contribution < 1.29 is 4.79 Å². The minimum absolute atomic E-state index is 0.235. The highest BCUT2D eigenvalue weighted by Gasteiger charge is 2.41. The molecule has 2 heteroatoms. The van der Waals surface area contributed by atoms with E-state index >= 15 is 0 Å². The molecule has 0 bridgehead atoms. The van der Waals surface area contributed by atoms with Crippen LogP contribution < -0.4 is 5.32 Å². The van der Waals surface area contributed by atoms with Crippen molar-refractivity contribution in [2.75, 3.05) is 0 Å². The Morgan fingerprint density at radius 3 is 2.17 bits per heavy atom. The van der Waals surface area contributed by atoms with Crippen LogP contribution in [-0.2, 0) is 4.79 Å². The van der Waals surface area contributed by atoms with Gasteiger partial charge in [0.2, 0.25) is 5.91 Å². The summed E-state index contributed by atoms with van der Waals surface area (Å²) in [5, 5.41) is 3.15. The van der Waals surface area contributed by atoms with Gasteiger partial charge in [-0.2, -0.15) is 0 Å². The van der Waals surface area contributed by atoms with Gasteiger partial charge in [0.25, 0.3) is 0 Å². The Labute approximate surface area is 73.7 Å². The highest BCUT2D eigenvalue weighted by Crippen LogP contribution is 2.44. The van der Waals surface area contributed by atoms with Gasteiger partial charge in [-0.3, -0.25) is 4.79 Å². The Hall–Kier alpha value is -0.530. The minimum atomic E-state index is 0.235. The van der Waals surface area contributed by atoms with Crippen LogP contribution in [0, 0.1) is 11.8 Å². The van der Waals surface area contributed by atoms with Crippen LogP contribution in [0.5, 0.6) is 0 Å². The van der Waals surface area contributed by atoms with Crippen molar-refractivity contribution in [2.45, 2.75) is 45.1 Å². The average Bonchev–Trinajstić information content (AvgIpc) is 2.87. The molecule has 0 atom stereocenters. The summed E-state index contributed by atoms with van der Waals surface area (Å²) in [7, 11) is 0. The first-order valence-electron chi connectivity index (χ1n) is 5.10. The fourth-order valence-corrected chi connectivity index (χ4v) is 1.82. The summed E-state index contributed by atoms with van der Waals surface area (Å²) in [4.78, 5) is 11.2. The molecule has 0 aromatic rings. The summed E-state index contributed by atoms with van der Waals surface area (Å²) in [5.41, 5.74) is 0. The molecule has 0 radical (unpaired) electrons. The van der Waals surface area contributed by atoms with E-state index in [1.807, 2.05) is 6.92 Å². The molecule has 0 aromatic heterocycles. The number of carbonyl (C=O) groups is 1. The van der Waals surface area contributed by atoms with Crippen LogP contribution in [0.2, 0.25) is 0 Å².